The van der Waals surface area contributed by atoms with E-state index in [4.69, 9.17) is 4.74 Å². The summed E-state index contributed by atoms with van der Waals surface area (Å²) in [6, 6.07) is 18.5. The minimum atomic E-state index is -1.01. The number of amides is 2. The molecule has 6 heteroatoms. The summed E-state index contributed by atoms with van der Waals surface area (Å²) in [5, 5.41) is 5.66. The number of nitrogens with one attached hydrogen (secondary N) is 2. The lowest BCUT2D eigenvalue weighted by Gasteiger charge is -2.33. The van der Waals surface area contributed by atoms with Crippen LogP contribution in [-0.2, 0) is 19.1 Å². The quantitative estimate of drug-likeness (QED) is 0.537. The minimum absolute atomic E-state index is 0.0961. The second-order valence-corrected chi connectivity index (χ2v) is 7.81. The molecule has 0 saturated carbocycles. The highest BCUT2D eigenvalue weighted by atomic mass is 16.5. The standard InChI is InChI=1S/C25H24N2O4/c28-21-16-20(26-21)23(29)31-17-25(14-8-3-9-15-25)24(30)27-22(18-10-4-1-5-11-18)19-12-6-2-7-13-19/h1-14,20,22H,15-17H2,(H,26,28)(H,27,30). The van der Waals surface area contributed by atoms with Crippen molar-refractivity contribution < 1.29 is 19.1 Å². The summed E-state index contributed by atoms with van der Waals surface area (Å²) in [6.45, 7) is -0.0961. The van der Waals surface area contributed by atoms with Crippen LogP contribution in [0.25, 0.3) is 0 Å². The van der Waals surface area contributed by atoms with Gasteiger partial charge in [-0.25, -0.2) is 4.79 Å². The average molecular weight is 416 g/mol. The van der Waals surface area contributed by atoms with E-state index in [9.17, 15) is 14.4 Å². The van der Waals surface area contributed by atoms with Crippen LogP contribution in [0.2, 0.25) is 0 Å². The molecule has 2 aromatic carbocycles. The maximum absolute atomic E-state index is 13.5. The maximum Gasteiger partial charge on any atom is 0.329 e. The number of hydrogen-bond donors (Lipinski definition) is 2. The van der Waals surface area contributed by atoms with Crippen LogP contribution in [0, 0.1) is 5.41 Å². The van der Waals surface area contributed by atoms with E-state index in [0.29, 0.717) is 6.42 Å². The first-order valence-corrected chi connectivity index (χ1v) is 10.3. The molecule has 1 saturated heterocycles. The van der Waals surface area contributed by atoms with Gasteiger partial charge in [-0.15, -0.1) is 0 Å². The Bertz CT molecular complexity index is 969. The molecule has 1 aliphatic heterocycles. The van der Waals surface area contributed by atoms with Gasteiger partial charge in [0.2, 0.25) is 11.8 Å². The fourth-order valence-electron chi connectivity index (χ4n) is 3.73. The number of carbonyl (C=O) groups is 3. The number of benzene rings is 2. The number of hydrogen-bond acceptors (Lipinski definition) is 4. The van der Waals surface area contributed by atoms with Gasteiger partial charge in [0.05, 0.1) is 12.5 Å². The summed E-state index contributed by atoms with van der Waals surface area (Å²) in [6.07, 6.45) is 7.86. The van der Waals surface area contributed by atoms with Crippen LogP contribution in [0.4, 0.5) is 0 Å². The summed E-state index contributed by atoms with van der Waals surface area (Å²) in [7, 11) is 0. The first kappa shape index (κ1) is 20.6. The molecule has 4 rings (SSSR count). The largest absolute Gasteiger partial charge is 0.463 e. The highest BCUT2D eigenvalue weighted by molar-refractivity contribution is 5.95. The monoisotopic (exact) mass is 416 g/mol. The Hall–Kier alpha value is -3.67. The van der Waals surface area contributed by atoms with E-state index < -0.39 is 17.4 Å². The molecule has 158 valence electrons. The fourth-order valence-corrected chi connectivity index (χ4v) is 3.73. The van der Waals surface area contributed by atoms with Crippen LogP contribution in [0.15, 0.2) is 85.0 Å². The van der Waals surface area contributed by atoms with Gasteiger partial charge in [-0.2, -0.15) is 0 Å². The first-order valence-electron chi connectivity index (χ1n) is 10.3. The van der Waals surface area contributed by atoms with Crippen LogP contribution < -0.4 is 10.6 Å². The van der Waals surface area contributed by atoms with Crippen LogP contribution in [0.1, 0.15) is 30.0 Å². The molecule has 1 aliphatic carbocycles. The van der Waals surface area contributed by atoms with Gasteiger partial charge < -0.3 is 15.4 Å². The summed E-state index contributed by atoms with van der Waals surface area (Å²) >= 11 is 0. The Morgan fingerprint density at radius 2 is 1.65 bits per heavy atom. The summed E-state index contributed by atoms with van der Waals surface area (Å²) < 4.78 is 5.45. The predicted octanol–water partition coefficient (Wildman–Crippen LogP) is 2.83. The van der Waals surface area contributed by atoms with Gasteiger partial charge in [-0.3, -0.25) is 9.59 Å². The highest BCUT2D eigenvalue weighted by Crippen LogP contribution is 2.32. The second kappa shape index (κ2) is 9.00. The van der Waals surface area contributed by atoms with Crippen molar-refractivity contribution in [3.63, 3.8) is 0 Å². The normalized spacial score (nSPS) is 21.8. The molecular weight excluding hydrogens is 392 g/mol. The van der Waals surface area contributed by atoms with Gasteiger partial charge in [0.25, 0.3) is 0 Å². The van der Waals surface area contributed by atoms with Crippen molar-refractivity contribution in [3.8, 4) is 0 Å². The van der Waals surface area contributed by atoms with Crippen molar-refractivity contribution in [1.82, 2.24) is 10.6 Å². The number of β-lactam (4-membered cyclic amide) rings is 1. The zero-order valence-corrected chi connectivity index (χ0v) is 17.0. The summed E-state index contributed by atoms with van der Waals surface area (Å²) in [4.78, 5) is 36.8. The third kappa shape index (κ3) is 4.58. The third-order valence-corrected chi connectivity index (χ3v) is 5.62. The molecule has 2 unspecified atom stereocenters. The van der Waals surface area contributed by atoms with E-state index in [1.165, 1.54) is 0 Å². The molecule has 2 N–H and O–H groups in total. The minimum Gasteiger partial charge on any atom is -0.463 e. The summed E-state index contributed by atoms with van der Waals surface area (Å²) in [5.41, 5.74) is 0.906. The second-order valence-electron chi connectivity index (χ2n) is 7.81. The third-order valence-electron chi connectivity index (χ3n) is 5.62. The molecule has 2 aromatic rings. The molecule has 2 atom stereocenters. The smallest absolute Gasteiger partial charge is 0.329 e. The van der Waals surface area contributed by atoms with Gasteiger partial charge in [0.15, 0.2) is 0 Å². The lowest BCUT2D eigenvalue weighted by Crippen LogP contribution is -2.54. The number of ether oxygens (including phenoxy) is 1. The Labute approximate surface area is 181 Å². The number of carbonyl (C=O) groups excluding carboxylic acids is 3. The molecule has 2 aliphatic rings. The van der Waals surface area contributed by atoms with Gasteiger partial charge in [-0.05, 0) is 17.5 Å². The molecular formula is C25H24N2O4. The van der Waals surface area contributed by atoms with Gasteiger partial charge in [0.1, 0.15) is 18.1 Å². The predicted molar refractivity (Wildman–Crippen MR) is 116 cm³/mol. The molecule has 6 nitrogen and oxygen atoms in total. The topological polar surface area (TPSA) is 84.5 Å². The van der Waals surface area contributed by atoms with Crippen LogP contribution >= 0.6 is 0 Å². The zero-order chi connectivity index (χ0) is 21.7. The van der Waals surface area contributed by atoms with E-state index in [0.717, 1.165) is 11.1 Å². The number of rotatable bonds is 7. The lowest BCUT2D eigenvalue weighted by atomic mass is 9.80. The van der Waals surface area contributed by atoms with Crippen molar-refractivity contribution in [2.45, 2.75) is 24.9 Å². The van der Waals surface area contributed by atoms with Crippen LogP contribution in [0.3, 0.4) is 0 Å². The van der Waals surface area contributed by atoms with E-state index in [2.05, 4.69) is 10.6 Å². The lowest BCUT2D eigenvalue weighted by molar-refractivity contribution is -0.157. The number of esters is 1. The van der Waals surface area contributed by atoms with E-state index >= 15 is 0 Å². The molecule has 1 heterocycles. The molecule has 0 aromatic heterocycles. The molecule has 0 bridgehead atoms. The molecule has 0 radical (unpaired) electrons. The Balaban J connectivity index is 1.54. The molecule has 2 amide bonds. The molecule has 31 heavy (non-hydrogen) atoms. The van der Waals surface area contributed by atoms with Crippen molar-refractivity contribution in [2.75, 3.05) is 6.61 Å². The summed E-state index contributed by atoms with van der Waals surface area (Å²) in [5.74, 6) is -0.919. The van der Waals surface area contributed by atoms with Gasteiger partial charge in [-0.1, -0.05) is 85.0 Å². The molecule has 1 fully saturated rings. The van der Waals surface area contributed by atoms with E-state index in [1.54, 1.807) is 12.2 Å². The van der Waals surface area contributed by atoms with Crippen LogP contribution in [-0.4, -0.2) is 30.4 Å². The maximum atomic E-state index is 13.5. The van der Waals surface area contributed by atoms with Gasteiger partial charge in [0, 0.05) is 0 Å². The Morgan fingerprint density at radius 3 is 2.16 bits per heavy atom. The first-order chi connectivity index (χ1) is 15.1. The van der Waals surface area contributed by atoms with E-state index in [-0.39, 0.29) is 30.9 Å². The van der Waals surface area contributed by atoms with Crippen molar-refractivity contribution >= 4 is 17.8 Å². The zero-order valence-electron chi connectivity index (χ0n) is 17.0. The Kier molecular flexibility index (Phi) is 5.98. The highest BCUT2D eigenvalue weighted by Gasteiger charge is 2.40. The average Bonchev–Trinajstić information content (AvgIpc) is 2.80. The fraction of sp³-hybridized carbons (Fsp3) is 0.240. The Morgan fingerprint density at radius 1 is 1.03 bits per heavy atom. The van der Waals surface area contributed by atoms with Gasteiger partial charge >= 0.3 is 5.97 Å². The van der Waals surface area contributed by atoms with Crippen LogP contribution in [0.5, 0.6) is 0 Å². The van der Waals surface area contributed by atoms with Crippen molar-refractivity contribution in [1.29, 1.82) is 0 Å². The number of allylic oxidation sites excluding steroid dienone is 3. The SMILES string of the molecule is O=C1CC(C(=O)OCC2(C(=O)NC(c3ccccc3)c3ccccc3)C=CC=CC2)N1. The van der Waals surface area contributed by atoms with E-state index in [1.807, 2.05) is 72.8 Å². The molecule has 0 spiro atoms. The van der Waals surface area contributed by atoms with Crippen molar-refractivity contribution in [3.05, 3.63) is 96.1 Å². The van der Waals surface area contributed by atoms with Crippen molar-refractivity contribution in [2.24, 2.45) is 5.41 Å².